The maximum atomic E-state index is 14.0. The Morgan fingerprint density at radius 3 is 2.69 bits per heavy atom. The van der Waals surface area contributed by atoms with E-state index in [1.54, 1.807) is 6.07 Å². The summed E-state index contributed by atoms with van der Waals surface area (Å²) in [7, 11) is 0. The average Bonchev–Trinajstić information content (AvgIpc) is 3.62. The first-order valence-corrected chi connectivity index (χ1v) is 12.5. The number of carbonyl (C=O) groups is 2. The Morgan fingerprint density at radius 2 is 1.86 bits per heavy atom. The van der Waals surface area contributed by atoms with Gasteiger partial charge in [0, 0.05) is 61.5 Å². The van der Waals surface area contributed by atoms with Crippen molar-refractivity contribution in [1.82, 2.24) is 4.90 Å². The van der Waals surface area contributed by atoms with Crippen molar-refractivity contribution in [1.29, 1.82) is 0 Å². The highest BCUT2D eigenvalue weighted by molar-refractivity contribution is 6.07. The van der Waals surface area contributed by atoms with E-state index in [1.165, 1.54) is 11.6 Å². The molecule has 184 valence electrons. The van der Waals surface area contributed by atoms with Crippen LogP contribution in [-0.2, 0) is 11.2 Å². The minimum Gasteiger partial charge on any atom is -0.494 e. The fraction of sp³-hybridized carbons (Fsp3) is 0.481. The number of ketones is 1. The summed E-state index contributed by atoms with van der Waals surface area (Å²) in [5.41, 5.74) is 3.56. The van der Waals surface area contributed by atoms with Gasteiger partial charge in [0.1, 0.15) is 5.75 Å². The number of halogens is 2. The van der Waals surface area contributed by atoms with Crippen LogP contribution in [0.15, 0.2) is 36.4 Å². The van der Waals surface area contributed by atoms with Crippen molar-refractivity contribution in [3.63, 3.8) is 0 Å². The summed E-state index contributed by atoms with van der Waals surface area (Å²) in [6.45, 7) is 4.83. The number of unbranched alkanes of at least 4 members (excludes halogenated alkanes) is 1. The number of anilines is 2. The van der Waals surface area contributed by atoms with E-state index in [1.807, 2.05) is 18.2 Å². The van der Waals surface area contributed by atoms with Crippen LogP contribution in [-0.4, -0.2) is 61.8 Å². The number of piperazine rings is 1. The molecule has 2 aliphatic carbocycles. The van der Waals surface area contributed by atoms with Gasteiger partial charge in [0.05, 0.1) is 6.61 Å². The molecule has 0 spiro atoms. The fourth-order valence-corrected chi connectivity index (χ4v) is 5.72. The monoisotopic (exact) mass is 481 g/mol. The molecule has 2 aliphatic heterocycles. The first kappa shape index (κ1) is 22.5. The van der Waals surface area contributed by atoms with E-state index < -0.39 is 18.1 Å². The number of nitrogens with zero attached hydrogens (tertiary/aromatic N) is 2. The van der Waals surface area contributed by atoms with E-state index in [-0.39, 0.29) is 17.4 Å². The van der Waals surface area contributed by atoms with Crippen LogP contribution in [0, 0.1) is 5.92 Å². The Bertz CT molecular complexity index is 1180. The molecule has 2 unspecified atom stereocenters. The van der Waals surface area contributed by atoms with Crippen molar-refractivity contribution >= 4 is 23.1 Å². The van der Waals surface area contributed by atoms with Crippen molar-refractivity contribution in [3.8, 4) is 5.75 Å². The number of rotatable bonds is 7. The normalized spacial score (nSPS) is 24.5. The standard InChI is InChI=1S/C27H29F2N3O3/c28-27(29)16-22-19(25(27)33)4-3-5-24(22)32-11-9-31(10-12-32)8-1-2-13-35-17-6-7-18-20-15-21(20)26(34)30-23(18)14-17/h3-7,14,20-21H,1-2,8-13,15-16H2,(H,30,34). The van der Waals surface area contributed by atoms with Crippen molar-refractivity contribution in [3.05, 3.63) is 53.1 Å². The molecule has 6 rings (SSSR count). The second kappa shape index (κ2) is 8.59. The van der Waals surface area contributed by atoms with Crippen LogP contribution in [0.2, 0.25) is 0 Å². The maximum Gasteiger partial charge on any atom is 0.313 e. The van der Waals surface area contributed by atoms with Crippen molar-refractivity contribution < 1.29 is 23.1 Å². The lowest BCUT2D eigenvalue weighted by atomic mass is 10.0. The number of ether oxygens (including phenoxy) is 1. The van der Waals surface area contributed by atoms with Gasteiger partial charge in [-0.15, -0.1) is 0 Å². The average molecular weight is 482 g/mol. The van der Waals surface area contributed by atoms with Gasteiger partial charge in [-0.3, -0.25) is 14.5 Å². The van der Waals surface area contributed by atoms with E-state index in [4.69, 9.17) is 4.74 Å². The van der Waals surface area contributed by atoms with Crippen LogP contribution >= 0.6 is 0 Å². The zero-order chi connectivity index (χ0) is 24.2. The first-order valence-electron chi connectivity index (χ1n) is 12.5. The van der Waals surface area contributed by atoms with Crippen molar-refractivity contribution in [2.45, 2.75) is 37.5 Å². The van der Waals surface area contributed by atoms with Crippen LogP contribution in [0.25, 0.3) is 0 Å². The zero-order valence-corrected chi connectivity index (χ0v) is 19.6. The Balaban J connectivity index is 0.946. The van der Waals surface area contributed by atoms with Gasteiger partial charge in [0.15, 0.2) is 0 Å². The van der Waals surface area contributed by atoms with E-state index in [2.05, 4.69) is 21.2 Å². The van der Waals surface area contributed by atoms with Crippen LogP contribution in [0.1, 0.15) is 46.7 Å². The topological polar surface area (TPSA) is 61.9 Å². The summed E-state index contributed by atoms with van der Waals surface area (Å²) in [4.78, 5) is 28.4. The molecule has 4 aliphatic rings. The molecule has 1 N–H and O–H groups in total. The molecule has 35 heavy (non-hydrogen) atoms. The highest BCUT2D eigenvalue weighted by Gasteiger charge is 2.49. The van der Waals surface area contributed by atoms with E-state index in [9.17, 15) is 18.4 Å². The number of fused-ring (bicyclic) bond motifs is 4. The van der Waals surface area contributed by atoms with Crippen molar-refractivity contribution in [2.75, 3.05) is 49.5 Å². The number of nitrogens with one attached hydrogen (secondary N) is 1. The maximum absolute atomic E-state index is 14.0. The largest absolute Gasteiger partial charge is 0.494 e. The molecule has 0 radical (unpaired) electrons. The molecule has 2 aromatic carbocycles. The second-order valence-electron chi connectivity index (χ2n) is 10.1. The number of amides is 1. The van der Waals surface area contributed by atoms with Gasteiger partial charge in [0.25, 0.3) is 0 Å². The molecule has 1 saturated heterocycles. The van der Waals surface area contributed by atoms with E-state index >= 15 is 0 Å². The van der Waals surface area contributed by atoms with Gasteiger partial charge in [0.2, 0.25) is 11.7 Å². The molecule has 8 heteroatoms. The quantitative estimate of drug-likeness (QED) is 0.604. The Kier molecular flexibility index (Phi) is 5.51. The van der Waals surface area contributed by atoms with Gasteiger partial charge >= 0.3 is 5.92 Å². The molecule has 2 aromatic rings. The summed E-state index contributed by atoms with van der Waals surface area (Å²) >= 11 is 0. The number of Topliss-reactive ketones (excluding diaryl/α,β-unsaturated/α-hetero) is 1. The minimum atomic E-state index is -3.28. The predicted octanol–water partition coefficient (Wildman–Crippen LogP) is 4.10. The lowest BCUT2D eigenvalue weighted by Gasteiger charge is -2.37. The summed E-state index contributed by atoms with van der Waals surface area (Å²) in [5.74, 6) is -2.86. The number of carbonyl (C=O) groups excluding carboxylic acids is 2. The molecule has 2 atom stereocenters. The highest BCUT2D eigenvalue weighted by Crippen LogP contribution is 2.53. The van der Waals surface area contributed by atoms with E-state index in [0.717, 1.165) is 69.1 Å². The lowest BCUT2D eigenvalue weighted by molar-refractivity contribution is -0.117. The smallest absolute Gasteiger partial charge is 0.313 e. The van der Waals surface area contributed by atoms with Crippen LogP contribution < -0.4 is 15.0 Å². The molecule has 0 aromatic heterocycles. The van der Waals surface area contributed by atoms with E-state index in [0.29, 0.717) is 18.1 Å². The lowest BCUT2D eigenvalue weighted by Crippen LogP contribution is -2.47. The Morgan fingerprint density at radius 1 is 1.03 bits per heavy atom. The zero-order valence-electron chi connectivity index (χ0n) is 19.6. The molecule has 2 fully saturated rings. The minimum absolute atomic E-state index is 0.128. The third kappa shape index (κ3) is 4.18. The molecule has 1 saturated carbocycles. The third-order valence-electron chi connectivity index (χ3n) is 7.79. The van der Waals surface area contributed by atoms with Crippen LogP contribution in [0.4, 0.5) is 20.2 Å². The van der Waals surface area contributed by atoms with Gasteiger partial charge in [-0.25, -0.2) is 0 Å². The molecular weight excluding hydrogens is 452 g/mol. The van der Waals surface area contributed by atoms with Crippen LogP contribution in [0.3, 0.4) is 0 Å². The number of hydrogen-bond acceptors (Lipinski definition) is 5. The van der Waals surface area contributed by atoms with Gasteiger partial charge < -0.3 is 15.0 Å². The summed E-state index contributed by atoms with van der Waals surface area (Å²) < 4.78 is 33.8. The molecule has 1 amide bonds. The fourth-order valence-electron chi connectivity index (χ4n) is 5.72. The van der Waals surface area contributed by atoms with Crippen molar-refractivity contribution in [2.24, 2.45) is 5.92 Å². The molecular formula is C27H29F2N3O3. The van der Waals surface area contributed by atoms with Crippen LogP contribution in [0.5, 0.6) is 5.75 Å². The molecule has 0 bridgehead atoms. The second-order valence-corrected chi connectivity index (χ2v) is 10.1. The van der Waals surface area contributed by atoms with Gasteiger partial charge in [-0.1, -0.05) is 18.2 Å². The van der Waals surface area contributed by atoms with Gasteiger partial charge in [-0.05, 0) is 55.0 Å². The number of alkyl halides is 2. The predicted molar refractivity (Wildman–Crippen MR) is 129 cm³/mol. The summed E-state index contributed by atoms with van der Waals surface area (Å²) in [5, 5.41) is 2.99. The third-order valence-corrected chi connectivity index (χ3v) is 7.79. The SMILES string of the molecule is O=C1Nc2cc(OCCCCN3CCN(c4cccc5c4CC(F)(F)C5=O)CC3)ccc2C2CC12. The first-order chi connectivity index (χ1) is 16.9. The molecule has 2 heterocycles. The number of benzene rings is 2. The molecule has 6 nitrogen and oxygen atoms in total. The number of hydrogen-bond donors (Lipinski definition) is 1. The summed E-state index contributed by atoms with van der Waals surface area (Å²) in [6.07, 6.45) is 2.40. The Hall–Kier alpha value is -3.00. The highest BCUT2D eigenvalue weighted by atomic mass is 19.3. The van der Waals surface area contributed by atoms with Gasteiger partial charge in [-0.2, -0.15) is 8.78 Å². The Labute approximate surface area is 203 Å². The summed E-state index contributed by atoms with van der Waals surface area (Å²) in [6, 6.07) is 11.1.